The Morgan fingerprint density at radius 1 is 1.15 bits per heavy atom. The van der Waals surface area contributed by atoms with Gasteiger partial charge in [0.15, 0.2) is 0 Å². The third kappa shape index (κ3) is 3.69. The predicted octanol–water partition coefficient (Wildman–Crippen LogP) is 3.86. The minimum absolute atomic E-state index is 0.0350. The van der Waals surface area contributed by atoms with Crippen molar-refractivity contribution in [1.82, 2.24) is 15.0 Å². The molecule has 0 N–H and O–H groups in total. The number of ether oxygens (including phenoxy) is 1. The average Bonchev–Trinajstić information content (AvgIpc) is 3.37. The van der Waals surface area contributed by atoms with Crippen LogP contribution in [0.3, 0.4) is 0 Å². The summed E-state index contributed by atoms with van der Waals surface area (Å²) in [6.07, 6.45) is 3.72. The van der Waals surface area contributed by atoms with Gasteiger partial charge in [0.05, 0.1) is 11.1 Å². The Hall–Kier alpha value is -3.15. The molecule has 1 amide bonds. The highest BCUT2D eigenvalue weighted by molar-refractivity contribution is 5.94. The van der Waals surface area contributed by atoms with Crippen molar-refractivity contribution in [1.29, 1.82) is 0 Å². The van der Waals surface area contributed by atoms with E-state index in [1.165, 1.54) is 0 Å². The molecule has 3 heterocycles. The number of carbonyl (C=O) groups is 1. The monoisotopic (exact) mass is 363 g/mol. The maximum Gasteiger partial charge on any atom is 0.255 e. The van der Waals surface area contributed by atoms with Gasteiger partial charge in [0.25, 0.3) is 5.91 Å². The van der Waals surface area contributed by atoms with E-state index >= 15 is 0 Å². The lowest BCUT2D eigenvalue weighted by Crippen LogP contribution is -2.27. The van der Waals surface area contributed by atoms with Crippen molar-refractivity contribution in [3.8, 4) is 17.1 Å². The van der Waals surface area contributed by atoms with Crippen molar-refractivity contribution in [2.45, 2.75) is 26.4 Å². The fourth-order valence-corrected chi connectivity index (χ4v) is 3.23. The zero-order chi connectivity index (χ0) is 18.6. The second-order valence-electron chi connectivity index (χ2n) is 6.61. The lowest BCUT2D eigenvalue weighted by molar-refractivity contribution is 0.0792. The van der Waals surface area contributed by atoms with Gasteiger partial charge in [0, 0.05) is 30.9 Å². The molecule has 0 saturated carbocycles. The van der Waals surface area contributed by atoms with Gasteiger partial charge < -0.3 is 14.2 Å². The Balaban J connectivity index is 1.45. The average molecular weight is 363 g/mol. The number of aryl methyl sites for hydroxylation is 1. The summed E-state index contributed by atoms with van der Waals surface area (Å²) < 4.78 is 11.2. The number of hydrogen-bond donors (Lipinski definition) is 0. The molecule has 1 aliphatic rings. The van der Waals surface area contributed by atoms with Gasteiger partial charge in [-0.05, 0) is 25.8 Å². The molecule has 0 radical (unpaired) electrons. The smallest absolute Gasteiger partial charge is 0.255 e. The molecule has 0 bridgehead atoms. The molecule has 6 nitrogen and oxygen atoms in total. The standard InChI is InChI=1S/C21H21N3O3/c1-15-18(20(23-27-15)16-7-3-2-4-8-16)14-26-19-10-9-17(13-22-19)21(25)24-11-5-6-12-24/h2-4,7-10,13H,5-6,11-12,14H2,1H3. The molecule has 0 atom stereocenters. The molecule has 0 aliphatic carbocycles. The second-order valence-corrected chi connectivity index (χ2v) is 6.61. The first-order chi connectivity index (χ1) is 13.2. The lowest BCUT2D eigenvalue weighted by Gasteiger charge is -2.15. The highest BCUT2D eigenvalue weighted by atomic mass is 16.5. The van der Waals surface area contributed by atoms with Crippen LogP contribution in [-0.2, 0) is 6.61 Å². The van der Waals surface area contributed by atoms with Crippen LogP contribution in [0.25, 0.3) is 11.3 Å². The molecule has 6 heteroatoms. The van der Waals surface area contributed by atoms with Crippen molar-refractivity contribution in [3.63, 3.8) is 0 Å². The minimum Gasteiger partial charge on any atom is -0.473 e. The normalized spacial score (nSPS) is 13.7. The molecule has 1 aliphatic heterocycles. The van der Waals surface area contributed by atoms with Crippen LogP contribution in [0.2, 0.25) is 0 Å². The fraction of sp³-hybridized carbons (Fsp3) is 0.286. The summed E-state index contributed by atoms with van der Waals surface area (Å²) >= 11 is 0. The fourth-order valence-electron chi connectivity index (χ4n) is 3.23. The Kier molecular flexibility index (Phi) is 4.87. The number of amides is 1. The molecule has 2 aromatic heterocycles. The second kappa shape index (κ2) is 7.61. The first-order valence-electron chi connectivity index (χ1n) is 9.11. The zero-order valence-corrected chi connectivity index (χ0v) is 15.2. The number of benzene rings is 1. The first kappa shape index (κ1) is 17.3. The molecule has 1 aromatic carbocycles. The van der Waals surface area contributed by atoms with Crippen molar-refractivity contribution >= 4 is 5.91 Å². The maximum atomic E-state index is 12.4. The molecule has 0 spiro atoms. The van der Waals surface area contributed by atoms with Gasteiger partial charge in [-0.3, -0.25) is 4.79 Å². The van der Waals surface area contributed by atoms with E-state index in [0.717, 1.165) is 48.5 Å². The van der Waals surface area contributed by atoms with E-state index in [4.69, 9.17) is 9.26 Å². The molecular formula is C21H21N3O3. The summed E-state index contributed by atoms with van der Waals surface area (Å²) in [4.78, 5) is 18.5. The van der Waals surface area contributed by atoms with E-state index < -0.39 is 0 Å². The number of rotatable bonds is 5. The predicted molar refractivity (Wildman–Crippen MR) is 100 cm³/mol. The third-order valence-electron chi connectivity index (χ3n) is 4.77. The van der Waals surface area contributed by atoms with Gasteiger partial charge in [-0.2, -0.15) is 0 Å². The Morgan fingerprint density at radius 2 is 1.93 bits per heavy atom. The van der Waals surface area contributed by atoms with Crippen LogP contribution in [0.4, 0.5) is 0 Å². The topological polar surface area (TPSA) is 68.5 Å². The van der Waals surface area contributed by atoms with E-state index in [1.54, 1.807) is 18.3 Å². The maximum absolute atomic E-state index is 12.4. The summed E-state index contributed by atoms with van der Waals surface area (Å²) in [5.41, 5.74) is 3.23. The van der Waals surface area contributed by atoms with E-state index in [1.807, 2.05) is 42.2 Å². The van der Waals surface area contributed by atoms with E-state index in [2.05, 4.69) is 10.1 Å². The molecule has 138 valence electrons. The van der Waals surface area contributed by atoms with Crippen molar-refractivity contribution in [2.24, 2.45) is 0 Å². The number of carbonyl (C=O) groups excluding carboxylic acids is 1. The van der Waals surface area contributed by atoms with Crippen LogP contribution in [0.1, 0.15) is 34.5 Å². The quantitative estimate of drug-likeness (QED) is 0.688. The van der Waals surface area contributed by atoms with Gasteiger partial charge >= 0.3 is 0 Å². The Bertz CT molecular complexity index is 914. The number of pyridine rings is 1. The van der Waals surface area contributed by atoms with Crippen LogP contribution >= 0.6 is 0 Å². The van der Waals surface area contributed by atoms with Crippen LogP contribution in [0.5, 0.6) is 5.88 Å². The molecule has 1 fully saturated rings. The van der Waals surface area contributed by atoms with Crippen LogP contribution in [-0.4, -0.2) is 34.0 Å². The molecule has 3 aromatic rings. The Morgan fingerprint density at radius 3 is 2.63 bits per heavy atom. The molecule has 4 rings (SSSR count). The van der Waals surface area contributed by atoms with Gasteiger partial charge in [0.1, 0.15) is 18.1 Å². The van der Waals surface area contributed by atoms with Gasteiger partial charge in [-0.15, -0.1) is 0 Å². The van der Waals surface area contributed by atoms with Crippen molar-refractivity contribution < 1.29 is 14.1 Å². The number of hydrogen-bond acceptors (Lipinski definition) is 5. The van der Waals surface area contributed by atoms with Gasteiger partial charge in [-0.25, -0.2) is 4.98 Å². The largest absolute Gasteiger partial charge is 0.473 e. The van der Waals surface area contributed by atoms with Crippen molar-refractivity contribution in [2.75, 3.05) is 13.1 Å². The van der Waals surface area contributed by atoms with Crippen molar-refractivity contribution in [3.05, 3.63) is 65.5 Å². The van der Waals surface area contributed by atoms with E-state index in [0.29, 0.717) is 18.1 Å². The minimum atomic E-state index is 0.0350. The lowest BCUT2D eigenvalue weighted by atomic mass is 10.1. The summed E-state index contributed by atoms with van der Waals surface area (Å²) in [7, 11) is 0. The molecule has 27 heavy (non-hydrogen) atoms. The van der Waals surface area contributed by atoms with E-state index in [9.17, 15) is 4.79 Å². The van der Waals surface area contributed by atoms with Gasteiger partial charge in [0.2, 0.25) is 5.88 Å². The number of likely N-dealkylation sites (tertiary alicyclic amines) is 1. The first-order valence-corrected chi connectivity index (χ1v) is 9.11. The Labute approximate surface area is 157 Å². The molecule has 1 saturated heterocycles. The van der Waals surface area contributed by atoms with Crippen LogP contribution in [0.15, 0.2) is 53.2 Å². The number of aromatic nitrogens is 2. The third-order valence-corrected chi connectivity index (χ3v) is 4.77. The summed E-state index contributed by atoms with van der Waals surface area (Å²) in [5, 5.41) is 4.15. The van der Waals surface area contributed by atoms with Crippen LogP contribution < -0.4 is 4.74 Å². The van der Waals surface area contributed by atoms with Crippen LogP contribution in [0, 0.1) is 6.92 Å². The summed E-state index contributed by atoms with van der Waals surface area (Å²) in [6.45, 7) is 3.81. The van der Waals surface area contributed by atoms with E-state index in [-0.39, 0.29) is 5.91 Å². The highest BCUT2D eigenvalue weighted by Crippen LogP contribution is 2.26. The van der Waals surface area contributed by atoms with Gasteiger partial charge in [-0.1, -0.05) is 35.5 Å². The molecule has 0 unspecified atom stereocenters. The SMILES string of the molecule is Cc1onc(-c2ccccc2)c1COc1ccc(C(=O)N2CCCC2)cn1. The summed E-state index contributed by atoms with van der Waals surface area (Å²) in [5.74, 6) is 1.22. The summed E-state index contributed by atoms with van der Waals surface area (Å²) in [6, 6.07) is 13.3. The molecular weight excluding hydrogens is 342 g/mol. The highest BCUT2D eigenvalue weighted by Gasteiger charge is 2.20. The zero-order valence-electron chi connectivity index (χ0n) is 15.2. The number of nitrogens with zero attached hydrogens (tertiary/aromatic N) is 3.